The third kappa shape index (κ3) is 2.81. The molecule has 0 fully saturated rings. The highest BCUT2D eigenvalue weighted by Crippen LogP contribution is 2.31. The molecule has 0 atom stereocenters. The van der Waals surface area contributed by atoms with Crippen molar-refractivity contribution in [1.29, 1.82) is 0 Å². The van der Waals surface area contributed by atoms with E-state index in [1.54, 1.807) is 35.7 Å². The number of H-pyrrole nitrogens is 1. The molecule has 5 nitrogen and oxygen atoms in total. The Morgan fingerprint density at radius 1 is 1.12 bits per heavy atom. The molecule has 0 saturated carbocycles. The molecule has 0 bridgehead atoms. The van der Waals surface area contributed by atoms with Crippen LogP contribution >= 0.6 is 0 Å². The topological polar surface area (TPSA) is 62.4 Å². The summed E-state index contributed by atoms with van der Waals surface area (Å²) >= 11 is 0. The highest BCUT2D eigenvalue weighted by Gasteiger charge is 2.28. The van der Waals surface area contributed by atoms with E-state index >= 15 is 0 Å². The summed E-state index contributed by atoms with van der Waals surface area (Å²) in [7, 11) is -1.85. The van der Waals surface area contributed by atoms with E-state index in [1.165, 1.54) is 0 Å². The fourth-order valence-electron chi connectivity index (χ4n) is 3.45. The number of sulfonamides is 1. The second-order valence-electron chi connectivity index (χ2n) is 6.25. The van der Waals surface area contributed by atoms with Crippen LogP contribution in [0.4, 0.5) is 0 Å². The summed E-state index contributed by atoms with van der Waals surface area (Å²) in [6.45, 7) is 0.913. The molecule has 1 N–H and O–H groups in total. The van der Waals surface area contributed by atoms with Crippen molar-refractivity contribution in [2.24, 2.45) is 0 Å². The summed E-state index contributed by atoms with van der Waals surface area (Å²) < 4.78 is 32.9. The van der Waals surface area contributed by atoms with E-state index in [2.05, 4.69) is 4.98 Å². The zero-order valence-electron chi connectivity index (χ0n) is 14.0. The molecule has 130 valence electrons. The van der Waals surface area contributed by atoms with Crippen LogP contribution in [0.3, 0.4) is 0 Å². The van der Waals surface area contributed by atoms with E-state index in [4.69, 9.17) is 4.74 Å². The van der Waals surface area contributed by atoms with Gasteiger partial charge in [0, 0.05) is 35.8 Å². The molecule has 2 heterocycles. The molecule has 0 saturated heterocycles. The van der Waals surface area contributed by atoms with Gasteiger partial charge in [0.1, 0.15) is 5.75 Å². The predicted octanol–water partition coefficient (Wildman–Crippen LogP) is 3.31. The first-order valence-corrected chi connectivity index (χ1v) is 9.76. The number of nitrogens with zero attached hydrogens (tertiary/aromatic N) is 1. The summed E-state index contributed by atoms with van der Waals surface area (Å²) in [6.07, 6.45) is 1.64. The molecule has 25 heavy (non-hydrogen) atoms. The van der Waals surface area contributed by atoms with Crippen molar-refractivity contribution in [3.05, 3.63) is 59.8 Å². The quantitative estimate of drug-likeness (QED) is 0.783. The SMILES string of the molecule is COc1ccc2c3c([nH]c2c1)CCCN(S(=O)(=O)c1ccccc1)C3. The highest BCUT2D eigenvalue weighted by molar-refractivity contribution is 7.89. The van der Waals surface area contributed by atoms with Crippen LogP contribution in [0.5, 0.6) is 5.75 Å². The van der Waals surface area contributed by atoms with Crippen LogP contribution in [0.1, 0.15) is 17.7 Å². The normalized spacial score (nSPS) is 15.7. The lowest BCUT2D eigenvalue weighted by molar-refractivity contribution is 0.410. The molecule has 0 spiro atoms. The number of hydrogen-bond donors (Lipinski definition) is 1. The van der Waals surface area contributed by atoms with Crippen LogP contribution in [-0.4, -0.2) is 31.4 Å². The molecule has 2 aromatic carbocycles. The van der Waals surface area contributed by atoms with Gasteiger partial charge < -0.3 is 9.72 Å². The smallest absolute Gasteiger partial charge is 0.243 e. The van der Waals surface area contributed by atoms with Gasteiger partial charge in [-0.15, -0.1) is 0 Å². The minimum absolute atomic E-state index is 0.347. The number of nitrogens with one attached hydrogen (secondary N) is 1. The number of aryl methyl sites for hydroxylation is 1. The minimum atomic E-state index is -3.49. The lowest BCUT2D eigenvalue weighted by atomic mass is 10.1. The number of ether oxygens (including phenoxy) is 1. The lowest BCUT2D eigenvalue weighted by Crippen LogP contribution is -2.30. The third-order valence-corrected chi connectivity index (χ3v) is 6.61. The number of rotatable bonds is 3. The van der Waals surface area contributed by atoms with Crippen LogP contribution < -0.4 is 4.74 Å². The molecular weight excluding hydrogens is 336 g/mol. The van der Waals surface area contributed by atoms with Crippen LogP contribution in [0.2, 0.25) is 0 Å². The molecule has 0 radical (unpaired) electrons. The first-order chi connectivity index (χ1) is 12.1. The third-order valence-electron chi connectivity index (χ3n) is 4.75. The molecule has 4 rings (SSSR count). The van der Waals surface area contributed by atoms with Gasteiger partial charge >= 0.3 is 0 Å². The molecule has 1 aliphatic heterocycles. The maximum absolute atomic E-state index is 13.0. The Morgan fingerprint density at radius 2 is 1.92 bits per heavy atom. The molecule has 1 aliphatic rings. The molecule has 0 aliphatic carbocycles. The first kappa shape index (κ1) is 16.2. The summed E-state index contributed by atoms with van der Waals surface area (Å²) in [6, 6.07) is 14.5. The van der Waals surface area contributed by atoms with Gasteiger partial charge in [-0.3, -0.25) is 0 Å². The van der Waals surface area contributed by atoms with Gasteiger partial charge in [-0.25, -0.2) is 8.42 Å². The summed E-state index contributed by atoms with van der Waals surface area (Å²) in [5.41, 5.74) is 3.17. The monoisotopic (exact) mass is 356 g/mol. The number of aromatic amines is 1. The number of hydrogen-bond acceptors (Lipinski definition) is 3. The fourth-order valence-corrected chi connectivity index (χ4v) is 4.91. The van der Waals surface area contributed by atoms with Crippen molar-refractivity contribution >= 4 is 20.9 Å². The van der Waals surface area contributed by atoms with Gasteiger partial charge in [0.15, 0.2) is 0 Å². The Hall–Kier alpha value is -2.31. The summed E-state index contributed by atoms with van der Waals surface area (Å²) in [4.78, 5) is 3.79. The Bertz CT molecular complexity index is 1010. The van der Waals surface area contributed by atoms with Gasteiger partial charge in [0.05, 0.1) is 12.0 Å². The zero-order chi connectivity index (χ0) is 17.4. The maximum Gasteiger partial charge on any atom is 0.243 e. The van der Waals surface area contributed by atoms with Gasteiger partial charge in [0.2, 0.25) is 10.0 Å². The van der Waals surface area contributed by atoms with E-state index in [9.17, 15) is 8.42 Å². The number of methoxy groups -OCH3 is 1. The van der Waals surface area contributed by atoms with Crippen molar-refractivity contribution in [1.82, 2.24) is 9.29 Å². The van der Waals surface area contributed by atoms with Gasteiger partial charge in [0.25, 0.3) is 0 Å². The van der Waals surface area contributed by atoms with E-state index in [0.29, 0.717) is 18.0 Å². The fraction of sp³-hybridized carbons (Fsp3) is 0.263. The van der Waals surface area contributed by atoms with Gasteiger partial charge in [-0.05, 0) is 42.7 Å². The Kier molecular flexibility index (Phi) is 4.01. The average molecular weight is 356 g/mol. The number of aromatic nitrogens is 1. The van der Waals surface area contributed by atoms with E-state index in [1.807, 2.05) is 24.3 Å². The molecule has 1 aromatic heterocycles. The summed E-state index contributed by atoms with van der Waals surface area (Å²) in [5, 5.41) is 1.06. The lowest BCUT2D eigenvalue weighted by Gasteiger charge is -2.20. The Labute approximate surface area is 147 Å². The maximum atomic E-state index is 13.0. The van der Waals surface area contributed by atoms with Crippen molar-refractivity contribution in [2.75, 3.05) is 13.7 Å². The zero-order valence-corrected chi connectivity index (χ0v) is 14.8. The van der Waals surface area contributed by atoms with Crippen LogP contribution in [-0.2, 0) is 23.0 Å². The van der Waals surface area contributed by atoms with Crippen molar-refractivity contribution in [3.8, 4) is 5.75 Å². The second-order valence-corrected chi connectivity index (χ2v) is 8.19. The van der Waals surface area contributed by atoms with Crippen molar-refractivity contribution in [3.63, 3.8) is 0 Å². The molecule has 6 heteroatoms. The summed E-state index contributed by atoms with van der Waals surface area (Å²) in [5.74, 6) is 0.790. The number of benzene rings is 2. The van der Waals surface area contributed by atoms with E-state index in [0.717, 1.165) is 40.8 Å². The van der Waals surface area contributed by atoms with Crippen molar-refractivity contribution in [2.45, 2.75) is 24.3 Å². The highest BCUT2D eigenvalue weighted by atomic mass is 32.2. The largest absolute Gasteiger partial charge is 0.497 e. The average Bonchev–Trinajstić information content (AvgIpc) is 2.83. The predicted molar refractivity (Wildman–Crippen MR) is 97.2 cm³/mol. The Balaban J connectivity index is 1.76. The standard InChI is InChI=1S/C19H20N2O3S/c1-24-14-9-10-16-17-13-21(11-5-8-18(17)20-19(16)12-14)25(22,23)15-6-3-2-4-7-15/h2-4,6-7,9-10,12,20H,5,8,11,13H2,1H3. The minimum Gasteiger partial charge on any atom is -0.497 e. The van der Waals surface area contributed by atoms with Gasteiger partial charge in [-0.1, -0.05) is 18.2 Å². The molecule has 3 aromatic rings. The van der Waals surface area contributed by atoms with Crippen LogP contribution in [0, 0.1) is 0 Å². The van der Waals surface area contributed by atoms with E-state index < -0.39 is 10.0 Å². The van der Waals surface area contributed by atoms with E-state index in [-0.39, 0.29) is 0 Å². The van der Waals surface area contributed by atoms with Gasteiger partial charge in [-0.2, -0.15) is 4.31 Å². The first-order valence-electron chi connectivity index (χ1n) is 8.32. The Morgan fingerprint density at radius 3 is 2.68 bits per heavy atom. The van der Waals surface area contributed by atoms with Crippen molar-refractivity contribution < 1.29 is 13.2 Å². The van der Waals surface area contributed by atoms with Crippen LogP contribution in [0.25, 0.3) is 10.9 Å². The molecule has 0 amide bonds. The second kappa shape index (κ2) is 6.20. The molecular formula is C19H20N2O3S. The number of fused-ring (bicyclic) bond motifs is 3. The molecule has 0 unspecified atom stereocenters. The van der Waals surface area contributed by atoms with Crippen LogP contribution in [0.15, 0.2) is 53.4 Å².